The molecule has 1 heterocycles. The number of benzene rings is 3. The standard InChI is InChI=1S/C28H27NO5/c1-28(2)17-23(30)22-16-20(11-13-24(22)34-28)29-27(31)21(19-8-6-5-7-9-19)14-18-10-12-25(32-3)26(15-18)33-4/h5-16H,17H2,1-4H3,(H,29,31)/b21-14+. The molecule has 0 atom stereocenters. The predicted octanol–water partition coefficient (Wildman–Crippen LogP) is 5.63. The fourth-order valence-electron chi connectivity index (χ4n) is 3.94. The third kappa shape index (κ3) is 4.96. The molecule has 174 valence electrons. The van der Waals surface area contributed by atoms with Crippen molar-refractivity contribution in [2.24, 2.45) is 0 Å². The van der Waals surface area contributed by atoms with Gasteiger partial charge in [-0.15, -0.1) is 0 Å². The molecule has 4 rings (SSSR count). The van der Waals surface area contributed by atoms with Crippen molar-refractivity contribution in [3.05, 3.63) is 83.4 Å². The number of fused-ring (bicyclic) bond motifs is 1. The van der Waals surface area contributed by atoms with Crippen molar-refractivity contribution in [1.82, 2.24) is 0 Å². The van der Waals surface area contributed by atoms with E-state index in [2.05, 4.69) is 5.32 Å². The van der Waals surface area contributed by atoms with E-state index in [9.17, 15) is 9.59 Å². The van der Waals surface area contributed by atoms with Crippen LogP contribution in [0, 0.1) is 0 Å². The molecule has 0 saturated carbocycles. The van der Waals surface area contributed by atoms with Gasteiger partial charge in [-0.2, -0.15) is 0 Å². The third-order valence-electron chi connectivity index (χ3n) is 5.56. The zero-order valence-electron chi connectivity index (χ0n) is 19.7. The summed E-state index contributed by atoms with van der Waals surface area (Å²) in [5.41, 5.74) is 2.46. The van der Waals surface area contributed by atoms with Crippen LogP contribution in [0.4, 0.5) is 5.69 Å². The highest BCUT2D eigenvalue weighted by Gasteiger charge is 2.32. The first-order chi connectivity index (χ1) is 16.3. The second-order valence-corrected chi connectivity index (χ2v) is 8.67. The van der Waals surface area contributed by atoms with Gasteiger partial charge >= 0.3 is 0 Å². The highest BCUT2D eigenvalue weighted by Crippen LogP contribution is 2.35. The first kappa shape index (κ1) is 23.1. The number of ketones is 1. The SMILES string of the molecule is COc1ccc(/C=C(/C(=O)Nc2ccc3c(c2)C(=O)CC(C)(C)O3)c2ccccc2)cc1OC. The van der Waals surface area contributed by atoms with Gasteiger partial charge in [-0.3, -0.25) is 9.59 Å². The molecule has 3 aromatic rings. The predicted molar refractivity (Wildman–Crippen MR) is 133 cm³/mol. The van der Waals surface area contributed by atoms with Crippen molar-refractivity contribution in [2.45, 2.75) is 25.9 Å². The van der Waals surface area contributed by atoms with Crippen LogP contribution in [-0.4, -0.2) is 31.5 Å². The van der Waals surface area contributed by atoms with E-state index in [4.69, 9.17) is 14.2 Å². The lowest BCUT2D eigenvalue weighted by Crippen LogP contribution is -2.35. The van der Waals surface area contributed by atoms with Crippen LogP contribution < -0.4 is 19.5 Å². The number of carbonyl (C=O) groups is 2. The van der Waals surface area contributed by atoms with Crippen LogP contribution in [0.3, 0.4) is 0 Å². The largest absolute Gasteiger partial charge is 0.493 e. The van der Waals surface area contributed by atoms with Gasteiger partial charge in [-0.25, -0.2) is 0 Å². The normalized spacial score (nSPS) is 14.6. The highest BCUT2D eigenvalue weighted by atomic mass is 16.5. The summed E-state index contributed by atoms with van der Waals surface area (Å²) in [7, 11) is 3.14. The maximum absolute atomic E-state index is 13.4. The van der Waals surface area contributed by atoms with Crippen molar-refractivity contribution in [2.75, 3.05) is 19.5 Å². The summed E-state index contributed by atoms with van der Waals surface area (Å²) in [6, 6.07) is 20.0. The molecule has 0 unspecified atom stereocenters. The van der Waals surface area contributed by atoms with Crippen molar-refractivity contribution < 1.29 is 23.8 Å². The minimum Gasteiger partial charge on any atom is -0.493 e. The van der Waals surface area contributed by atoms with E-state index in [1.807, 2.05) is 56.3 Å². The van der Waals surface area contributed by atoms with Gasteiger partial charge in [0.1, 0.15) is 11.4 Å². The number of Topliss-reactive ketones (excluding diaryl/α,β-unsaturated/α-hetero) is 1. The number of nitrogens with one attached hydrogen (secondary N) is 1. The summed E-state index contributed by atoms with van der Waals surface area (Å²) in [6.45, 7) is 3.77. The average molecular weight is 458 g/mol. The Kier molecular flexibility index (Phi) is 6.41. The quantitative estimate of drug-likeness (QED) is 0.384. The lowest BCUT2D eigenvalue weighted by molar-refractivity contribution is -0.111. The van der Waals surface area contributed by atoms with Crippen molar-refractivity contribution in [3.8, 4) is 17.2 Å². The van der Waals surface area contributed by atoms with Gasteiger partial charge in [-0.1, -0.05) is 36.4 Å². The summed E-state index contributed by atoms with van der Waals surface area (Å²) in [5.74, 6) is 1.40. The monoisotopic (exact) mass is 457 g/mol. The van der Waals surface area contributed by atoms with Gasteiger partial charge in [-0.05, 0) is 61.4 Å². The Morgan fingerprint density at radius 2 is 1.71 bits per heavy atom. The van der Waals surface area contributed by atoms with Crippen LogP contribution >= 0.6 is 0 Å². The lowest BCUT2D eigenvalue weighted by Gasteiger charge is -2.31. The summed E-state index contributed by atoms with van der Waals surface area (Å²) in [6.07, 6.45) is 2.08. The van der Waals surface area contributed by atoms with Crippen molar-refractivity contribution in [3.63, 3.8) is 0 Å². The molecule has 3 aromatic carbocycles. The molecule has 0 spiro atoms. The van der Waals surface area contributed by atoms with Crippen molar-refractivity contribution >= 4 is 29.0 Å². The van der Waals surface area contributed by atoms with Gasteiger partial charge in [0.15, 0.2) is 17.3 Å². The number of anilines is 1. The molecular weight excluding hydrogens is 430 g/mol. The van der Waals surface area contributed by atoms with E-state index < -0.39 is 5.60 Å². The minimum atomic E-state index is -0.544. The number of amides is 1. The van der Waals surface area contributed by atoms with Gasteiger partial charge in [0.05, 0.1) is 26.2 Å². The second kappa shape index (κ2) is 9.43. The van der Waals surface area contributed by atoms with Gasteiger partial charge in [0.2, 0.25) is 0 Å². The fraction of sp³-hybridized carbons (Fsp3) is 0.214. The van der Waals surface area contributed by atoms with Crippen LogP contribution in [0.2, 0.25) is 0 Å². The minimum absolute atomic E-state index is 0.00787. The summed E-state index contributed by atoms with van der Waals surface area (Å²) < 4.78 is 16.6. The number of hydrogen-bond donors (Lipinski definition) is 1. The Morgan fingerprint density at radius 3 is 2.41 bits per heavy atom. The average Bonchev–Trinajstić information content (AvgIpc) is 2.82. The molecule has 1 aliphatic rings. The van der Waals surface area contributed by atoms with Gasteiger partial charge < -0.3 is 19.5 Å². The summed E-state index contributed by atoms with van der Waals surface area (Å²) in [5, 5.41) is 2.93. The van der Waals surface area contributed by atoms with E-state index >= 15 is 0 Å². The maximum Gasteiger partial charge on any atom is 0.256 e. The molecule has 0 aliphatic carbocycles. The maximum atomic E-state index is 13.4. The molecule has 1 amide bonds. The number of hydrogen-bond acceptors (Lipinski definition) is 5. The lowest BCUT2D eigenvalue weighted by atomic mass is 9.93. The van der Waals surface area contributed by atoms with Crippen molar-refractivity contribution in [1.29, 1.82) is 0 Å². The third-order valence-corrected chi connectivity index (χ3v) is 5.56. The number of ether oxygens (including phenoxy) is 3. The number of methoxy groups -OCH3 is 2. The Labute approximate surface area is 199 Å². The first-order valence-corrected chi connectivity index (χ1v) is 11.0. The van der Waals surface area contributed by atoms with Crippen LogP contribution in [0.5, 0.6) is 17.2 Å². The highest BCUT2D eigenvalue weighted by molar-refractivity contribution is 6.29. The van der Waals surface area contributed by atoms with E-state index in [0.29, 0.717) is 34.1 Å². The molecule has 0 aromatic heterocycles. The molecule has 0 fully saturated rings. The Morgan fingerprint density at radius 1 is 0.971 bits per heavy atom. The smallest absolute Gasteiger partial charge is 0.256 e. The molecule has 1 N–H and O–H groups in total. The summed E-state index contributed by atoms with van der Waals surface area (Å²) in [4.78, 5) is 26.0. The molecule has 0 saturated heterocycles. The molecule has 6 nitrogen and oxygen atoms in total. The van der Waals surface area contributed by atoms with E-state index in [1.165, 1.54) is 0 Å². The molecule has 1 aliphatic heterocycles. The summed E-state index contributed by atoms with van der Waals surface area (Å²) >= 11 is 0. The van der Waals surface area contributed by atoms with Crippen LogP contribution in [0.1, 0.15) is 41.8 Å². The van der Waals surface area contributed by atoms with Crippen LogP contribution in [-0.2, 0) is 4.79 Å². The second-order valence-electron chi connectivity index (χ2n) is 8.67. The molecular formula is C28H27NO5. The number of carbonyl (C=O) groups excluding carboxylic acids is 2. The Hall–Kier alpha value is -4.06. The molecule has 0 bridgehead atoms. The van der Waals surface area contributed by atoms with Crippen LogP contribution in [0.25, 0.3) is 11.6 Å². The van der Waals surface area contributed by atoms with Gasteiger partial charge in [0, 0.05) is 11.3 Å². The zero-order chi connectivity index (χ0) is 24.3. The fourth-order valence-corrected chi connectivity index (χ4v) is 3.94. The van der Waals surface area contributed by atoms with Gasteiger partial charge in [0.25, 0.3) is 5.91 Å². The first-order valence-electron chi connectivity index (χ1n) is 11.0. The van der Waals surface area contributed by atoms with Crippen LogP contribution in [0.15, 0.2) is 66.7 Å². The van der Waals surface area contributed by atoms with E-state index in [0.717, 1.165) is 11.1 Å². The molecule has 6 heteroatoms. The Bertz CT molecular complexity index is 1260. The zero-order valence-corrected chi connectivity index (χ0v) is 19.7. The number of rotatable bonds is 6. The topological polar surface area (TPSA) is 73.9 Å². The van der Waals surface area contributed by atoms with E-state index in [1.54, 1.807) is 44.6 Å². The molecule has 34 heavy (non-hydrogen) atoms. The Balaban J connectivity index is 1.67. The van der Waals surface area contributed by atoms with E-state index in [-0.39, 0.29) is 18.1 Å². The molecule has 0 radical (unpaired) electrons.